The van der Waals surface area contributed by atoms with Gasteiger partial charge in [-0.25, -0.2) is 15.0 Å². The van der Waals surface area contributed by atoms with E-state index in [0.29, 0.717) is 17.5 Å². The molecule has 7 aromatic rings. The van der Waals surface area contributed by atoms with Crippen LogP contribution < -0.4 is 0 Å². The summed E-state index contributed by atoms with van der Waals surface area (Å²) in [6, 6.07) is 53.7. The van der Waals surface area contributed by atoms with E-state index in [9.17, 15) is 0 Å². The van der Waals surface area contributed by atoms with Crippen molar-refractivity contribution in [3.63, 3.8) is 0 Å². The van der Waals surface area contributed by atoms with E-state index >= 15 is 0 Å². The molecule has 0 amide bonds. The van der Waals surface area contributed by atoms with Crippen LogP contribution in [0.15, 0.2) is 161 Å². The number of aromatic nitrogens is 3. The molecule has 1 aliphatic heterocycles. The standard InChI is InChI=1S/C40H25N3S/c1-3-14-26(15-4-1)37-41-38(27-16-5-2-6-17-27)43-39(42-37)30-20-13-24-34-36(30)44-35-25-12-11-23-33(35)40(34)31-21-9-7-18-28(31)29-19-8-10-22-32(29)40/h1-25H. The highest BCUT2D eigenvalue weighted by molar-refractivity contribution is 7.99. The lowest BCUT2D eigenvalue weighted by Crippen LogP contribution is -2.32. The Morgan fingerprint density at radius 2 is 0.818 bits per heavy atom. The summed E-state index contributed by atoms with van der Waals surface area (Å²) >= 11 is 1.82. The van der Waals surface area contributed by atoms with Crippen LogP contribution in [0.2, 0.25) is 0 Å². The van der Waals surface area contributed by atoms with Crippen LogP contribution in [-0.2, 0) is 5.41 Å². The molecule has 3 nitrogen and oxygen atoms in total. The third kappa shape index (κ3) is 3.61. The van der Waals surface area contributed by atoms with Crippen LogP contribution >= 0.6 is 11.8 Å². The predicted molar refractivity (Wildman–Crippen MR) is 178 cm³/mol. The lowest BCUT2D eigenvalue weighted by Gasteiger charge is -2.40. The minimum atomic E-state index is -0.447. The van der Waals surface area contributed by atoms with Crippen molar-refractivity contribution in [2.24, 2.45) is 0 Å². The molecular weight excluding hydrogens is 555 g/mol. The number of hydrogen-bond donors (Lipinski definition) is 0. The summed E-state index contributed by atoms with van der Waals surface area (Å²) in [4.78, 5) is 17.6. The van der Waals surface area contributed by atoms with Gasteiger partial charge in [-0.15, -0.1) is 0 Å². The van der Waals surface area contributed by atoms with Gasteiger partial charge in [-0.1, -0.05) is 157 Å². The smallest absolute Gasteiger partial charge is 0.165 e. The largest absolute Gasteiger partial charge is 0.208 e. The summed E-state index contributed by atoms with van der Waals surface area (Å²) in [5.41, 5.74) is 10.3. The lowest BCUT2D eigenvalue weighted by molar-refractivity contribution is 0.722. The van der Waals surface area contributed by atoms with E-state index in [2.05, 4.69) is 115 Å². The summed E-state index contributed by atoms with van der Waals surface area (Å²) < 4.78 is 0. The summed E-state index contributed by atoms with van der Waals surface area (Å²) in [6.07, 6.45) is 0. The monoisotopic (exact) mass is 579 g/mol. The minimum Gasteiger partial charge on any atom is -0.208 e. The van der Waals surface area contributed by atoms with Crippen LogP contribution in [0.3, 0.4) is 0 Å². The molecule has 0 atom stereocenters. The highest BCUT2D eigenvalue weighted by Gasteiger charge is 2.50. The van der Waals surface area contributed by atoms with Gasteiger partial charge in [0.2, 0.25) is 0 Å². The molecule has 0 N–H and O–H groups in total. The Bertz CT molecular complexity index is 2110. The van der Waals surface area contributed by atoms with Crippen molar-refractivity contribution >= 4 is 11.8 Å². The van der Waals surface area contributed by atoms with Crippen LogP contribution in [0, 0.1) is 0 Å². The van der Waals surface area contributed by atoms with E-state index in [1.165, 1.54) is 43.2 Å². The van der Waals surface area contributed by atoms with Crippen molar-refractivity contribution < 1.29 is 0 Å². The van der Waals surface area contributed by atoms with Gasteiger partial charge in [-0.2, -0.15) is 0 Å². The molecule has 4 heteroatoms. The molecule has 0 saturated heterocycles. The SMILES string of the molecule is c1ccc(-c2nc(-c3ccccc3)nc(-c3cccc4c3Sc3ccccc3C43c4ccccc4-c4ccccc43)n2)cc1. The Morgan fingerprint density at radius 3 is 1.43 bits per heavy atom. The second-order valence-electron chi connectivity index (χ2n) is 11.2. The fourth-order valence-electron chi connectivity index (χ4n) is 6.98. The summed E-state index contributed by atoms with van der Waals surface area (Å²) in [5.74, 6) is 2.01. The molecule has 0 saturated carbocycles. The maximum absolute atomic E-state index is 5.13. The molecule has 1 aromatic heterocycles. The molecule has 0 bridgehead atoms. The molecule has 1 aliphatic carbocycles. The molecule has 0 fully saturated rings. The zero-order chi connectivity index (χ0) is 29.1. The van der Waals surface area contributed by atoms with Crippen molar-refractivity contribution in [1.29, 1.82) is 0 Å². The first-order valence-electron chi connectivity index (χ1n) is 14.8. The second-order valence-corrected chi connectivity index (χ2v) is 12.2. The average Bonchev–Trinajstić information content (AvgIpc) is 3.40. The highest BCUT2D eigenvalue weighted by Crippen LogP contribution is 2.63. The summed E-state index contributed by atoms with van der Waals surface area (Å²) in [6.45, 7) is 0. The number of fused-ring (bicyclic) bond motifs is 9. The van der Waals surface area contributed by atoms with Crippen LogP contribution in [0.1, 0.15) is 22.3 Å². The van der Waals surface area contributed by atoms with Gasteiger partial charge in [0.15, 0.2) is 17.5 Å². The number of benzene rings is 6. The van der Waals surface area contributed by atoms with E-state index in [4.69, 9.17) is 15.0 Å². The van der Waals surface area contributed by atoms with Gasteiger partial charge in [-0.3, -0.25) is 0 Å². The van der Waals surface area contributed by atoms with Crippen molar-refractivity contribution in [3.05, 3.63) is 174 Å². The molecule has 1 spiro atoms. The van der Waals surface area contributed by atoms with Crippen LogP contribution in [-0.4, -0.2) is 15.0 Å². The van der Waals surface area contributed by atoms with Gasteiger partial charge in [0.05, 0.1) is 5.41 Å². The molecule has 2 aliphatic rings. The minimum absolute atomic E-state index is 0.447. The zero-order valence-electron chi connectivity index (χ0n) is 23.7. The van der Waals surface area contributed by atoms with Crippen LogP contribution in [0.4, 0.5) is 0 Å². The topological polar surface area (TPSA) is 38.7 Å². The quantitative estimate of drug-likeness (QED) is 0.209. The van der Waals surface area contributed by atoms with E-state index in [0.717, 1.165) is 16.7 Å². The van der Waals surface area contributed by atoms with Crippen molar-refractivity contribution in [2.75, 3.05) is 0 Å². The lowest BCUT2D eigenvalue weighted by atomic mass is 9.67. The maximum atomic E-state index is 5.13. The molecule has 9 rings (SSSR count). The van der Waals surface area contributed by atoms with Gasteiger partial charge < -0.3 is 0 Å². The highest BCUT2D eigenvalue weighted by atomic mass is 32.2. The van der Waals surface area contributed by atoms with Gasteiger partial charge in [0.25, 0.3) is 0 Å². The van der Waals surface area contributed by atoms with Gasteiger partial charge in [0, 0.05) is 26.5 Å². The van der Waals surface area contributed by atoms with Crippen LogP contribution in [0.5, 0.6) is 0 Å². The second kappa shape index (κ2) is 9.87. The van der Waals surface area contributed by atoms with Gasteiger partial charge in [0.1, 0.15) is 0 Å². The van der Waals surface area contributed by atoms with Crippen molar-refractivity contribution in [1.82, 2.24) is 15.0 Å². The first-order valence-corrected chi connectivity index (χ1v) is 15.6. The third-order valence-corrected chi connectivity index (χ3v) is 10.0. The normalized spacial score (nSPS) is 13.5. The summed E-state index contributed by atoms with van der Waals surface area (Å²) in [5, 5.41) is 0. The first kappa shape index (κ1) is 25.2. The number of nitrogens with zero attached hydrogens (tertiary/aromatic N) is 3. The molecular formula is C40H25N3S. The molecule has 0 unspecified atom stereocenters. The predicted octanol–water partition coefficient (Wildman–Crippen LogP) is 9.70. The van der Waals surface area contributed by atoms with E-state index in [1.807, 2.05) is 48.2 Å². The Morgan fingerprint density at radius 1 is 0.364 bits per heavy atom. The van der Waals surface area contributed by atoms with E-state index < -0.39 is 5.41 Å². The molecule has 2 heterocycles. The third-order valence-electron chi connectivity index (χ3n) is 8.81. The average molecular weight is 580 g/mol. The number of rotatable bonds is 3. The Labute approximate surface area is 260 Å². The Kier molecular flexibility index (Phi) is 5.65. The Hall–Kier alpha value is -5.32. The zero-order valence-corrected chi connectivity index (χ0v) is 24.5. The fraction of sp³-hybridized carbons (Fsp3) is 0.0250. The van der Waals surface area contributed by atoms with Crippen molar-refractivity contribution in [2.45, 2.75) is 15.2 Å². The first-order chi connectivity index (χ1) is 21.8. The number of hydrogen-bond acceptors (Lipinski definition) is 4. The molecule has 6 aromatic carbocycles. The van der Waals surface area contributed by atoms with E-state index in [-0.39, 0.29) is 0 Å². The van der Waals surface area contributed by atoms with Gasteiger partial charge >= 0.3 is 0 Å². The van der Waals surface area contributed by atoms with Crippen molar-refractivity contribution in [3.8, 4) is 45.3 Å². The maximum Gasteiger partial charge on any atom is 0.165 e. The fourth-order valence-corrected chi connectivity index (χ4v) is 8.28. The molecule has 206 valence electrons. The van der Waals surface area contributed by atoms with Gasteiger partial charge in [-0.05, 0) is 39.4 Å². The van der Waals surface area contributed by atoms with E-state index in [1.54, 1.807) is 0 Å². The summed E-state index contributed by atoms with van der Waals surface area (Å²) in [7, 11) is 0. The molecule has 0 radical (unpaired) electrons. The Balaban J connectivity index is 1.35. The van der Waals surface area contributed by atoms with Crippen LogP contribution in [0.25, 0.3) is 45.3 Å². The molecule has 44 heavy (non-hydrogen) atoms.